The number of nitriles is 1. The topological polar surface area (TPSA) is 66.0 Å². The minimum Gasteiger partial charge on any atom is -0.339 e. The molecule has 3 rings (SSSR count). The van der Waals surface area contributed by atoms with Crippen molar-refractivity contribution < 1.29 is 4.52 Å². The van der Waals surface area contributed by atoms with Crippen LogP contribution in [0.5, 0.6) is 0 Å². The molecular weight excluding hydrogens is 276 g/mol. The van der Waals surface area contributed by atoms with Gasteiger partial charge in [0.25, 0.3) is 0 Å². The van der Waals surface area contributed by atoms with Crippen molar-refractivity contribution in [3.05, 3.63) is 47.1 Å². The largest absolute Gasteiger partial charge is 0.339 e. The first kappa shape index (κ1) is 14.7. The molecule has 22 heavy (non-hydrogen) atoms. The predicted molar refractivity (Wildman–Crippen MR) is 81.9 cm³/mol. The van der Waals surface area contributed by atoms with Crippen LogP contribution in [0.3, 0.4) is 0 Å². The van der Waals surface area contributed by atoms with Crippen molar-refractivity contribution in [2.75, 3.05) is 6.54 Å². The summed E-state index contributed by atoms with van der Waals surface area (Å²) in [6.45, 7) is 5.84. The van der Waals surface area contributed by atoms with E-state index in [1.807, 2.05) is 38.1 Å². The number of hydrogen-bond acceptors (Lipinski definition) is 5. The molecular formula is C17H20N4O. The Kier molecular flexibility index (Phi) is 4.21. The third-order valence-corrected chi connectivity index (χ3v) is 4.12. The van der Waals surface area contributed by atoms with Gasteiger partial charge in [-0.05, 0) is 31.0 Å². The molecule has 0 spiro atoms. The molecule has 0 bridgehead atoms. The van der Waals surface area contributed by atoms with Crippen LogP contribution in [-0.4, -0.2) is 21.6 Å². The van der Waals surface area contributed by atoms with Crippen LogP contribution in [-0.2, 0) is 6.54 Å². The van der Waals surface area contributed by atoms with Crippen LogP contribution in [0.15, 0.2) is 28.8 Å². The Morgan fingerprint density at radius 1 is 1.41 bits per heavy atom. The Bertz CT molecular complexity index is 686. The Hall–Kier alpha value is -2.19. The summed E-state index contributed by atoms with van der Waals surface area (Å²) in [5.41, 5.74) is 1.80. The summed E-state index contributed by atoms with van der Waals surface area (Å²) in [4.78, 5) is 6.88. The second-order valence-corrected chi connectivity index (χ2v) is 6.04. The van der Waals surface area contributed by atoms with E-state index in [2.05, 4.69) is 21.1 Å². The molecule has 0 amide bonds. The molecule has 1 aliphatic heterocycles. The highest BCUT2D eigenvalue weighted by Gasteiger charge is 2.30. The molecule has 0 aliphatic carbocycles. The van der Waals surface area contributed by atoms with Crippen molar-refractivity contribution >= 4 is 0 Å². The standard InChI is InChI=1S/C17H20N4O/c1-12(2)17-19-16(20-22-17)15-8-5-9-21(15)11-14-7-4-3-6-13(14)10-18/h3-4,6-7,12,15H,5,8-9,11H2,1-2H3. The van der Waals surface area contributed by atoms with Gasteiger partial charge in [-0.25, -0.2) is 0 Å². The minimum absolute atomic E-state index is 0.183. The van der Waals surface area contributed by atoms with Crippen LogP contribution in [0.25, 0.3) is 0 Å². The number of rotatable bonds is 4. The van der Waals surface area contributed by atoms with Gasteiger partial charge in [0.1, 0.15) is 0 Å². The van der Waals surface area contributed by atoms with E-state index in [1.165, 1.54) is 0 Å². The maximum absolute atomic E-state index is 9.23. The van der Waals surface area contributed by atoms with Crippen LogP contribution < -0.4 is 0 Å². The van der Waals surface area contributed by atoms with Gasteiger partial charge in [0, 0.05) is 12.5 Å². The maximum atomic E-state index is 9.23. The fourth-order valence-corrected chi connectivity index (χ4v) is 2.91. The summed E-state index contributed by atoms with van der Waals surface area (Å²) in [6.07, 6.45) is 2.15. The van der Waals surface area contributed by atoms with Gasteiger partial charge in [-0.3, -0.25) is 4.90 Å². The van der Waals surface area contributed by atoms with Crippen molar-refractivity contribution in [1.82, 2.24) is 15.0 Å². The average Bonchev–Trinajstić information content (AvgIpc) is 3.16. The van der Waals surface area contributed by atoms with E-state index in [4.69, 9.17) is 4.52 Å². The molecule has 0 N–H and O–H groups in total. The SMILES string of the molecule is CC(C)c1nc(C2CCCN2Cc2ccccc2C#N)no1. The molecule has 1 aromatic carbocycles. The van der Waals surface area contributed by atoms with Crippen LogP contribution in [0.2, 0.25) is 0 Å². The first-order chi connectivity index (χ1) is 10.7. The third-order valence-electron chi connectivity index (χ3n) is 4.12. The van der Waals surface area contributed by atoms with E-state index in [-0.39, 0.29) is 12.0 Å². The van der Waals surface area contributed by atoms with Crippen molar-refractivity contribution in [2.45, 2.75) is 45.2 Å². The number of aromatic nitrogens is 2. The number of nitrogens with zero attached hydrogens (tertiary/aromatic N) is 4. The van der Waals surface area contributed by atoms with Crippen LogP contribution in [0.4, 0.5) is 0 Å². The molecule has 1 fully saturated rings. The fraction of sp³-hybridized carbons (Fsp3) is 0.471. The highest BCUT2D eigenvalue weighted by molar-refractivity contribution is 5.37. The lowest BCUT2D eigenvalue weighted by molar-refractivity contribution is 0.233. The molecule has 2 heterocycles. The van der Waals surface area contributed by atoms with E-state index in [0.717, 1.165) is 42.9 Å². The quantitative estimate of drug-likeness (QED) is 0.865. The van der Waals surface area contributed by atoms with Crippen molar-refractivity contribution in [3.63, 3.8) is 0 Å². The van der Waals surface area contributed by atoms with Gasteiger partial charge in [-0.2, -0.15) is 10.2 Å². The van der Waals surface area contributed by atoms with Crippen LogP contribution in [0, 0.1) is 11.3 Å². The monoisotopic (exact) mass is 296 g/mol. The highest BCUT2D eigenvalue weighted by atomic mass is 16.5. The first-order valence-electron chi connectivity index (χ1n) is 7.74. The van der Waals surface area contributed by atoms with Gasteiger partial charge in [0.15, 0.2) is 5.82 Å². The van der Waals surface area contributed by atoms with Gasteiger partial charge in [-0.1, -0.05) is 37.2 Å². The Morgan fingerprint density at radius 3 is 2.95 bits per heavy atom. The lowest BCUT2D eigenvalue weighted by Crippen LogP contribution is -2.24. The number of likely N-dealkylation sites (tertiary alicyclic amines) is 1. The Labute approximate surface area is 130 Å². The van der Waals surface area contributed by atoms with Crippen molar-refractivity contribution in [1.29, 1.82) is 5.26 Å². The summed E-state index contributed by atoms with van der Waals surface area (Å²) < 4.78 is 5.34. The van der Waals surface area contributed by atoms with E-state index in [1.54, 1.807) is 0 Å². The van der Waals surface area contributed by atoms with Gasteiger partial charge in [-0.15, -0.1) is 0 Å². The molecule has 0 radical (unpaired) electrons. The zero-order chi connectivity index (χ0) is 15.5. The molecule has 1 saturated heterocycles. The summed E-state index contributed by atoms with van der Waals surface area (Å²) in [6, 6.07) is 10.2. The molecule has 1 aliphatic rings. The molecule has 1 atom stereocenters. The lowest BCUT2D eigenvalue weighted by atomic mass is 10.1. The zero-order valence-electron chi connectivity index (χ0n) is 13.0. The summed E-state index contributed by atoms with van der Waals surface area (Å²) in [7, 11) is 0. The summed E-state index contributed by atoms with van der Waals surface area (Å²) in [5.74, 6) is 1.71. The fourth-order valence-electron chi connectivity index (χ4n) is 2.91. The molecule has 114 valence electrons. The Balaban J connectivity index is 1.80. The molecule has 0 saturated carbocycles. The van der Waals surface area contributed by atoms with E-state index in [0.29, 0.717) is 5.89 Å². The van der Waals surface area contributed by atoms with Crippen molar-refractivity contribution in [2.24, 2.45) is 0 Å². The summed E-state index contributed by atoms with van der Waals surface area (Å²) in [5, 5.41) is 13.4. The van der Waals surface area contributed by atoms with Gasteiger partial charge in [0.2, 0.25) is 5.89 Å². The maximum Gasteiger partial charge on any atom is 0.229 e. The van der Waals surface area contributed by atoms with E-state index < -0.39 is 0 Å². The third kappa shape index (κ3) is 2.88. The van der Waals surface area contributed by atoms with Crippen molar-refractivity contribution in [3.8, 4) is 6.07 Å². The smallest absolute Gasteiger partial charge is 0.229 e. The van der Waals surface area contributed by atoms with Gasteiger partial charge >= 0.3 is 0 Å². The highest BCUT2D eigenvalue weighted by Crippen LogP contribution is 2.32. The second kappa shape index (κ2) is 6.29. The minimum atomic E-state index is 0.183. The molecule has 5 nitrogen and oxygen atoms in total. The van der Waals surface area contributed by atoms with Crippen LogP contribution >= 0.6 is 0 Å². The molecule has 2 aromatic rings. The zero-order valence-corrected chi connectivity index (χ0v) is 13.0. The van der Waals surface area contributed by atoms with E-state index >= 15 is 0 Å². The first-order valence-corrected chi connectivity index (χ1v) is 7.74. The van der Waals surface area contributed by atoms with Gasteiger partial charge in [0.05, 0.1) is 17.7 Å². The molecule has 1 aromatic heterocycles. The lowest BCUT2D eigenvalue weighted by Gasteiger charge is -2.22. The average molecular weight is 296 g/mol. The normalized spacial score (nSPS) is 18.7. The van der Waals surface area contributed by atoms with Gasteiger partial charge < -0.3 is 4.52 Å². The molecule has 1 unspecified atom stereocenters. The van der Waals surface area contributed by atoms with Crippen LogP contribution in [0.1, 0.15) is 61.5 Å². The second-order valence-electron chi connectivity index (χ2n) is 6.04. The summed E-state index contributed by atoms with van der Waals surface area (Å²) >= 11 is 0. The van der Waals surface area contributed by atoms with E-state index in [9.17, 15) is 5.26 Å². The Morgan fingerprint density at radius 2 is 2.23 bits per heavy atom. The number of benzene rings is 1. The predicted octanol–water partition coefficient (Wildman–Crippen LogP) is 3.40. The molecule has 5 heteroatoms. The number of hydrogen-bond donors (Lipinski definition) is 0.